The Morgan fingerprint density at radius 3 is 1.72 bits per heavy atom. The minimum Gasteiger partial charge on any atom is -0.309 e. The SMILES string of the molecule is CC1CCCC12c1ccccc1-c1c(N(c3ccccc3-c3ccccc3)c3cccc4c3-c3ccccc3C4(C)C)cccc12. The molecule has 9 rings (SSSR count). The van der Waals surface area contributed by atoms with Gasteiger partial charge < -0.3 is 4.90 Å². The zero-order chi connectivity index (χ0) is 31.0. The van der Waals surface area contributed by atoms with Crippen molar-refractivity contribution in [2.24, 2.45) is 5.92 Å². The number of nitrogens with zero attached hydrogens (tertiary/aromatic N) is 1. The number of fused-ring (bicyclic) bond motifs is 8. The summed E-state index contributed by atoms with van der Waals surface area (Å²) in [5, 5.41) is 0. The van der Waals surface area contributed by atoms with Crippen LogP contribution in [0.4, 0.5) is 17.1 Å². The van der Waals surface area contributed by atoms with E-state index in [1.807, 2.05) is 0 Å². The van der Waals surface area contributed by atoms with Crippen LogP contribution in [0, 0.1) is 5.92 Å². The van der Waals surface area contributed by atoms with Gasteiger partial charge in [0.25, 0.3) is 0 Å². The highest BCUT2D eigenvalue weighted by Gasteiger charge is 2.50. The molecule has 0 heterocycles. The Balaban J connectivity index is 1.40. The first-order valence-electron chi connectivity index (χ1n) is 16.9. The second-order valence-electron chi connectivity index (χ2n) is 14.1. The molecule has 46 heavy (non-hydrogen) atoms. The van der Waals surface area contributed by atoms with Crippen molar-refractivity contribution in [3.05, 3.63) is 162 Å². The molecule has 6 aromatic carbocycles. The van der Waals surface area contributed by atoms with E-state index in [9.17, 15) is 0 Å². The van der Waals surface area contributed by atoms with E-state index in [1.54, 1.807) is 0 Å². The van der Waals surface area contributed by atoms with Crippen LogP contribution in [0.5, 0.6) is 0 Å². The van der Waals surface area contributed by atoms with Crippen LogP contribution in [0.25, 0.3) is 33.4 Å². The van der Waals surface area contributed by atoms with Crippen LogP contribution in [-0.4, -0.2) is 0 Å². The Bertz CT molecular complexity index is 2140. The van der Waals surface area contributed by atoms with Crippen LogP contribution in [0.3, 0.4) is 0 Å². The molecule has 0 N–H and O–H groups in total. The lowest BCUT2D eigenvalue weighted by Crippen LogP contribution is -2.28. The standard InChI is InChI=1S/C45H39N/c1-30-16-15-29-45(30)36-23-11-8-21-34(36)43-38(45)25-14-28-41(43)46(39-26-12-9-19-32(39)31-17-5-4-6-18-31)40-27-13-24-37-42(40)33-20-7-10-22-35(33)44(37,2)3/h4-14,17-28,30H,15-16,29H2,1-3H3. The largest absolute Gasteiger partial charge is 0.309 e. The highest BCUT2D eigenvalue weighted by atomic mass is 15.2. The van der Waals surface area contributed by atoms with E-state index in [2.05, 4.69) is 165 Å². The van der Waals surface area contributed by atoms with Crippen LogP contribution < -0.4 is 4.90 Å². The molecule has 0 saturated heterocycles. The minimum atomic E-state index is -0.0822. The molecular formula is C45H39N. The van der Waals surface area contributed by atoms with Gasteiger partial charge in [-0.05, 0) is 75.9 Å². The van der Waals surface area contributed by atoms with Gasteiger partial charge in [-0.25, -0.2) is 0 Å². The van der Waals surface area contributed by atoms with Crippen LogP contribution in [0.15, 0.2) is 140 Å². The third-order valence-corrected chi connectivity index (χ3v) is 11.5. The fraction of sp³-hybridized carbons (Fsp3) is 0.200. The molecule has 0 bridgehead atoms. The van der Waals surface area contributed by atoms with Crippen molar-refractivity contribution in [3.8, 4) is 33.4 Å². The number of rotatable bonds is 4. The second-order valence-corrected chi connectivity index (χ2v) is 14.1. The molecule has 1 nitrogen and oxygen atoms in total. The fourth-order valence-electron chi connectivity index (χ4n) is 9.44. The zero-order valence-corrected chi connectivity index (χ0v) is 26.9. The lowest BCUT2D eigenvalue weighted by atomic mass is 9.71. The number of para-hydroxylation sites is 1. The maximum atomic E-state index is 2.60. The summed E-state index contributed by atoms with van der Waals surface area (Å²) in [4.78, 5) is 2.60. The summed E-state index contributed by atoms with van der Waals surface area (Å²) in [5.74, 6) is 0.601. The summed E-state index contributed by atoms with van der Waals surface area (Å²) in [6, 6.07) is 52.3. The molecule has 6 aromatic rings. The van der Waals surface area contributed by atoms with E-state index in [4.69, 9.17) is 0 Å². The predicted octanol–water partition coefficient (Wildman–Crippen LogP) is 12.2. The van der Waals surface area contributed by atoms with E-state index >= 15 is 0 Å². The Morgan fingerprint density at radius 1 is 0.500 bits per heavy atom. The molecule has 3 aliphatic rings. The van der Waals surface area contributed by atoms with Crippen LogP contribution >= 0.6 is 0 Å². The molecule has 1 saturated carbocycles. The maximum Gasteiger partial charge on any atom is 0.0543 e. The van der Waals surface area contributed by atoms with Gasteiger partial charge in [-0.15, -0.1) is 0 Å². The summed E-state index contributed by atoms with van der Waals surface area (Å²) in [5.41, 5.74) is 17.5. The normalized spacial score (nSPS) is 19.8. The van der Waals surface area contributed by atoms with Crippen molar-refractivity contribution in [2.45, 2.75) is 50.9 Å². The molecular weight excluding hydrogens is 555 g/mol. The van der Waals surface area contributed by atoms with Crippen molar-refractivity contribution in [1.29, 1.82) is 0 Å². The minimum absolute atomic E-state index is 0.0692. The van der Waals surface area contributed by atoms with Gasteiger partial charge in [0, 0.05) is 27.5 Å². The Kier molecular flexibility index (Phi) is 6.00. The molecule has 0 amide bonds. The predicted molar refractivity (Wildman–Crippen MR) is 193 cm³/mol. The first-order chi connectivity index (χ1) is 22.5. The molecule has 1 fully saturated rings. The zero-order valence-electron chi connectivity index (χ0n) is 26.9. The van der Waals surface area contributed by atoms with Crippen LogP contribution in [-0.2, 0) is 10.8 Å². The number of benzene rings is 6. The van der Waals surface area contributed by atoms with Crippen LogP contribution in [0.2, 0.25) is 0 Å². The van der Waals surface area contributed by atoms with Gasteiger partial charge in [-0.3, -0.25) is 0 Å². The third-order valence-electron chi connectivity index (χ3n) is 11.5. The molecule has 1 spiro atoms. The Morgan fingerprint density at radius 2 is 1.02 bits per heavy atom. The van der Waals surface area contributed by atoms with Crippen LogP contribution in [0.1, 0.15) is 62.3 Å². The lowest BCUT2D eigenvalue weighted by Gasteiger charge is -2.34. The molecule has 2 unspecified atom stereocenters. The van der Waals surface area contributed by atoms with Gasteiger partial charge in [0.2, 0.25) is 0 Å². The van der Waals surface area contributed by atoms with E-state index in [1.165, 1.54) is 92.0 Å². The average Bonchev–Trinajstić information content (AvgIpc) is 3.71. The number of hydrogen-bond acceptors (Lipinski definition) is 1. The van der Waals surface area contributed by atoms with Crippen molar-refractivity contribution >= 4 is 17.1 Å². The van der Waals surface area contributed by atoms with E-state index < -0.39 is 0 Å². The van der Waals surface area contributed by atoms with Gasteiger partial charge in [-0.1, -0.05) is 149 Å². The third kappa shape index (κ3) is 3.63. The number of anilines is 3. The summed E-state index contributed by atoms with van der Waals surface area (Å²) in [6.45, 7) is 7.24. The highest BCUT2D eigenvalue weighted by Crippen LogP contribution is 2.63. The Labute approximate surface area is 273 Å². The first kappa shape index (κ1) is 27.4. The molecule has 224 valence electrons. The molecule has 0 aromatic heterocycles. The first-order valence-corrected chi connectivity index (χ1v) is 16.9. The average molecular weight is 594 g/mol. The van der Waals surface area contributed by atoms with Gasteiger partial charge >= 0.3 is 0 Å². The van der Waals surface area contributed by atoms with E-state index in [0.29, 0.717) is 5.92 Å². The molecule has 0 radical (unpaired) electrons. The van der Waals surface area contributed by atoms with Gasteiger partial charge in [-0.2, -0.15) is 0 Å². The lowest BCUT2D eigenvalue weighted by molar-refractivity contribution is 0.414. The molecule has 0 aliphatic heterocycles. The van der Waals surface area contributed by atoms with Gasteiger partial charge in [0.1, 0.15) is 0 Å². The Hall–Kier alpha value is -4.88. The van der Waals surface area contributed by atoms with Crippen molar-refractivity contribution in [2.75, 3.05) is 4.90 Å². The summed E-state index contributed by atoms with van der Waals surface area (Å²) in [7, 11) is 0. The molecule has 3 aliphatic carbocycles. The van der Waals surface area contributed by atoms with Gasteiger partial charge in [0.05, 0.1) is 17.1 Å². The smallest absolute Gasteiger partial charge is 0.0543 e. The summed E-state index contributed by atoms with van der Waals surface area (Å²) < 4.78 is 0. The van der Waals surface area contributed by atoms with E-state index in [0.717, 1.165) is 0 Å². The quantitative estimate of drug-likeness (QED) is 0.196. The monoisotopic (exact) mass is 593 g/mol. The maximum absolute atomic E-state index is 2.60. The topological polar surface area (TPSA) is 3.24 Å². The summed E-state index contributed by atoms with van der Waals surface area (Å²) >= 11 is 0. The van der Waals surface area contributed by atoms with Gasteiger partial charge in [0.15, 0.2) is 0 Å². The fourth-order valence-corrected chi connectivity index (χ4v) is 9.44. The molecule has 1 heteroatoms. The second kappa shape index (κ2) is 10.1. The molecule has 2 atom stereocenters. The summed E-state index contributed by atoms with van der Waals surface area (Å²) in [6.07, 6.45) is 3.76. The van der Waals surface area contributed by atoms with E-state index in [-0.39, 0.29) is 10.8 Å². The van der Waals surface area contributed by atoms with Crippen molar-refractivity contribution < 1.29 is 0 Å². The van der Waals surface area contributed by atoms with Crippen molar-refractivity contribution in [3.63, 3.8) is 0 Å². The highest BCUT2D eigenvalue weighted by molar-refractivity contribution is 6.02. The number of hydrogen-bond donors (Lipinski definition) is 0. The van der Waals surface area contributed by atoms with Crippen molar-refractivity contribution in [1.82, 2.24) is 0 Å².